The zero-order chi connectivity index (χ0) is 23.6. The Bertz CT molecular complexity index is 1100. The molecule has 0 heterocycles. The van der Waals surface area contributed by atoms with E-state index in [0.717, 1.165) is 29.0 Å². The van der Waals surface area contributed by atoms with Crippen molar-refractivity contribution in [3.63, 3.8) is 0 Å². The predicted molar refractivity (Wildman–Crippen MR) is 133 cm³/mol. The summed E-state index contributed by atoms with van der Waals surface area (Å²) in [5, 5.41) is 5.18. The van der Waals surface area contributed by atoms with Crippen LogP contribution in [0.4, 0.5) is 11.4 Å². The Morgan fingerprint density at radius 3 is 2.21 bits per heavy atom. The van der Waals surface area contributed by atoms with E-state index in [0.29, 0.717) is 12.1 Å². The average molecular weight is 462 g/mol. The van der Waals surface area contributed by atoms with Gasteiger partial charge in [0.25, 0.3) is 5.91 Å². The minimum atomic E-state index is -0.605. The van der Waals surface area contributed by atoms with Crippen molar-refractivity contribution in [2.75, 3.05) is 10.6 Å². The fraction of sp³-hybridized carbons (Fsp3) is 0.192. The van der Waals surface area contributed by atoms with Crippen LogP contribution in [0.1, 0.15) is 47.4 Å². The molecule has 0 spiro atoms. The van der Waals surface area contributed by atoms with Gasteiger partial charge in [-0.2, -0.15) is 0 Å². The molecule has 0 aliphatic rings. The topological polar surface area (TPSA) is 101 Å². The molecule has 0 fully saturated rings. The van der Waals surface area contributed by atoms with Gasteiger partial charge in [-0.15, -0.1) is 11.8 Å². The van der Waals surface area contributed by atoms with E-state index in [1.807, 2.05) is 61.5 Å². The second kappa shape index (κ2) is 11.9. The van der Waals surface area contributed by atoms with Gasteiger partial charge in [-0.1, -0.05) is 55.8 Å². The van der Waals surface area contributed by atoms with E-state index in [1.54, 1.807) is 24.3 Å². The molecule has 3 aromatic rings. The SMILES string of the molecule is CCCCC(=O)Nc1ccc(SC(C(=O)Nc2ccccc2C(N)=O)c2ccccc2)cc1. The molecule has 4 N–H and O–H groups in total. The highest BCUT2D eigenvalue weighted by Gasteiger charge is 2.23. The Hall–Kier alpha value is -3.58. The highest BCUT2D eigenvalue weighted by Crippen LogP contribution is 2.37. The highest BCUT2D eigenvalue weighted by molar-refractivity contribution is 8.00. The van der Waals surface area contributed by atoms with Gasteiger partial charge >= 0.3 is 0 Å². The molecule has 3 rings (SSSR count). The highest BCUT2D eigenvalue weighted by atomic mass is 32.2. The molecule has 1 atom stereocenters. The largest absolute Gasteiger partial charge is 0.366 e. The van der Waals surface area contributed by atoms with Gasteiger partial charge in [-0.3, -0.25) is 14.4 Å². The lowest BCUT2D eigenvalue weighted by atomic mass is 10.1. The van der Waals surface area contributed by atoms with Crippen LogP contribution < -0.4 is 16.4 Å². The number of benzene rings is 3. The lowest BCUT2D eigenvalue weighted by Crippen LogP contribution is -2.22. The molecule has 0 radical (unpaired) electrons. The maximum atomic E-state index is 13.3. The molecule has 1 unspecified atom stereocenters. The van der Waals surface area contributed by atoms with Gasteiger partial charge in [0.15, 0.2) is 0 Å². The smallest absolute Gasteiger partial charge is 0.250 e. The lowest BCUT2D eigenvalue weighted by Gasteiger charge is -2.18. The van der Waals surface area contributed by atoms with Crippen LogP contribution in [-0.2, 0) is 9.59 Å². The molecule has 6 nitrogen and oxygen atoms in total. The van der Waals surface area contributed by atoms with Crippen LogP contribution in [0, 0.1) is 0 Å². The number of hydrogen-bond donors (Lipinski definition) is 3. The summed E-state index contributed by atoms with van der Waals surface area (Å²) in [7, 11) is 0. The third kappa shape index (κ3) is 6.95. The van der Waals surface area contributed by atoms with Gasteiger partial charge in [-0.25, -0.2) is 0 Å². The summed E-state index contributed by atoms with van der Waals surface area (Å²) >= 11 is 1.38. The number of carbonyl (C=O) groups is 3. The molecule has 7 heteroatoms. The second-order valence-corrected chi connectivity index (χ2v) is 8.66. The van der Waals surface area contributed by atoms with Gasteiger partial charge in [-0.05, 0) is 48.4 Å². The summed E-state index contributed by atoms with van der Waals surface area (Å²) in [6.07, 6.45) is 2.32. The van der Waals surface area contributed by atoms with Crippen molar-refractivity contribution in [1.29, 1.82) is 0 Å². The van der Waals surface area contributed by atoms with Crippen molar-refractivity contribution < 1.29 is 14.4 Å². The molecule has 0 aliphatic heterocycles. The number of anilines is 2. The van der Waals surface area contributed by atoms with E-state index in [1.165, 1.54) is 11.8 Å². The molecule has 3 amide bonds. The fourth-order valence-corrected chi connectivity index (χ4v) is 4.24. The first-order chi connectivity index (χ1) is 16.0. The third-order valence-electron chi connectivity index (χ3n) is 4.94. The maximum Gasteiger partial charge on any atom is 0.250 e. The van der Waals surface area contributed by atoms with Crippen molar-refractivity contribution in [3.8, 4) is 0 Å². The van der Waals surface area contributed by atoms with E-state index < -0.39 is 11.2 Å². The third-order valence-corrected chi connectivity index (χ3v) is 6.21. The molecule has 0 aromatic heterocycles. The van der Waals surface area contributed by atoms with Crippen molar-refractivity contribution >= 4 is 40.9 Å². The summed E-state index contributed by atoms with van der Waals surface area (Å²) in [6.45, 7) is 2.05. The van der Waals surface area contributed by atoms with Gasteiger partial charge in [0.05, 0.1) is 11.3 Å². The number of thioether (sulfide) groups is 1. The number of rotatable bonds is 10. The summed E-state index contributed by atoms with van der Waals surface area (Å²) < 4.78 is 0. The Balaban J connectivity index is 1.78. The molecular weight excluding hydrogens is 434 g/mol. The molecule has 0 saturated heterocycles. The van der Waals surface area contributed by atoms with Gasteiger partial charge in [0.2, 0.25) is 11.8 Å². The number of para-hydroxylation sites is 1. The van der Waals surface area contributed by atoms with Crippen LogP contribution in [0.2, 0.25) is 0 Å². The quantitative estimate of drug-likeness (QED) is 0.353. The predicted octanol–water partition coefficient (Wildman–Crippen LogP) is 5.39. The van der Waals surface area contributed by atoms with Gasteiger partial charge < -0.3 is 16.4 Å². The Morgan fingerprint density at radius 2 is 1.55 bits per heavy atom. The van der Waals surface area contributed by atoms with E-state index in [9.17, 15) is 14.4 Å². The number of amides is 3. The molecule has 33 heavy (non-hydrogen) atoms. The van der Waals surface area contributed by atoms with E-state index in [4.69, 9.17) is 5.73 Å². The number of nitrogens with one attached hydrogen (secondary N) is 2. The number of primary amides is 1. The normalized spacial score (nSPS) is 11.4. The molecule has 170 valence electrons. The van der Waals surface area contributed by atoms with E-state index >= 15 is 0 Å². The van der Waals surface area contributed by atoms with Crippen LogP contribution in [0.25, 0.3) is 0 Å². The Morgan fingerprint density at radius 1 is 0.879 bits per heavy atom. The first kappa shape index (κ1) is 24.1. The van der Waals surface area contributed by atoms with Crippen LogP contribution in [0.3, 0.4) is 0 Å². The van der Waals surface area contributed by atoms with Gasteiger partial charge in [0.1, 0.15) is 5.25 Å². The van der Waals surface area contributed by atoms with Gasteiger partial charge in [0, 0.05) is 17.0 Å². The van der Waals surface area contributed by atoms with E-state index in [2.05, 4.69) is 10.6 Å². The monoisotopic (exact) mass is 461 g/mol. The number of unbranched alkanes of at least 4 members (excludes halogenated alkanes) is 1. The first-order valence-corrected chi connectivity index (χ1v) is 11.7. The maximum absolute atomic E-state index is 13.3. The summed E-state index contributed by atoms with van der Waals surface area (Å²) in [5.74, 6) is -0.879. The van der Waals surface area contributed by atoms with Crippen molar-refractivity contribution in [3.05, 3.63) is 90.0 Å². The first-order valence-electron chi connectivity index (χ1n) is 10.8. The second-order valence-electron chi connectivity index (χ2n) is 7.48. The minimum absolute atomic E-state index is 0.00749. The number of carbonyl (C=O) groups excluding carboxylic acids is 3. The summed E-state index contributed by atoms with van der Waals surface area (Å²) in [6, 6.07) is 23.5. The Kier molecular flexibility index (Phi) is 8.66. The average Bonchev–Trinajstić information content (AvgIpc) is 2.83. The molecule has 0 bridgehead atoms. The van der Waals surface area contributed by atoms with E-state index in [-0.39, 0.29) is 17.4 Å². The summed E-state index contributed by atoms with van der Waals surface area (Å²) in [4.78, 5) is 37.8. The minimum Gasteiger partial charge on any atom is -0.366 e. The van der Waals surface area contributed by atoms with Crippen LogP contribution in [0.5, 0.6) is 0 Å². The number of nitrogens with two attached hydrogens (primary N) is 1. The van der Waals surface area contributed by atoms with Crippen molar-refractivity contribution in [1.82, 2.24) is 0 Å². The summed E-state index contributed by atoms with van der Waals surface area (Å²) in [5.41, 5.74) is 7.63. The lowest BCUT2D eigenvalue weighted by molar-refractivity contribution is -0.116. The standard InChI is InChI=1S/C26H27N3O3S/c1-2-3-13-23(30)28-19-14-16-20(17-15-19)33-24(18-9-5-4-6-10-18)26(32)29-22-12-8-7-11-21(22)25(27)31/h4-12,14-17,24H,2-3,13H2,1H3,(H2,27,31)(H,28,30)(H,29,32). The van der Waals surface area contributed by atoms with Crippen LogP contribution >= 0.6 is 11.8 Å². The molecule has 3 aromatic carbocycles. The molecular formula is C26H27N3O3S. The number of hydrogen-bond acceptors (Lipinski definition) is 4. The van der Waals surface area contributed by atoms with Crippen LogP contribution in [0.15, 0.2) is 83.8 Å². The van der Waals surface area contributed by atoms with Crippen molar-refractivity contribution in [2.45, 2.75) is 36.3 Å². The zero-order valence-electron chi connectivity index (χ0n) is 18.4. The fourth-order valence-electron chi connectivity index (χ4n) is 3.22. The molecule has 0 aliphatic carbocycles. The molecule has 0 saturated carbocycles. The van der Waals surface area contributed by atoms with Crippen molar-refractivity contribution in [2.24, 2.45) is 5.73 Å². The zero-order valence-corrected chi connectivity index (χ0v) is 19.2. The Labute approximate surface area is 198 Å². The van der Waals surface area contributed by atoms with Crippen LogP contribution in [-0.4, -0.2) is 17.7 Å².